The molecule has 0 fully saturated rings. The monoisotopic (exact) mass is 454 g/mol. The maximum Gasteiger partial charge on any atom is 0.348 e. The minimum absolute atomic E-state index is 0.0352. The molecule has 30 heavy (non-hydrogen) atoms. The Hall–Kier alpha value is -2.86. The van der Waals surface area contributed by atoms with Crippen LogP contribution >= 0.6 is 23.1 Å². The summed E-state index contributed by atoms with van der Waals surface area (Å²) in [4.78, 5) is 44.9. The van der Waals surface area contributed by atoms with E-state index in [-0.39, 0.29) is 57.6 Å². The van der Waals surface area contributed by atoms with Gasteiger partial charge in [-0.05, 0) is 20.8 Å². The Morgan fingerprint density at radius 3 is 2.20 bits per heavy atom. The van der Waals surface area contributed by atoms with Crippen molar-refractivity contribution in [3.05, 3.63) is 27.8 Å². The molecule has 2 aromatic heterocycles. The van der Waals surface area contributed by atoms with E-state index < -0.39 is 17.9 Å². The zero-order valence-electron chi connectivity index (χ0n) is 16.7. The number of anilines is 2. The highest BCUT2D eigenvalue weighted by Gasteiger charge is 2.28. The molecule has 0 aliphatic rings. The van der Waals surface area contributed by atoms with E-state index in [1.165, 1.54) is 6.20 Å². The van der Waals surface area contributed by atoms with E-state index in [0.717, 1.165) is 23.1 Å². The largest absolute Gasteiger partial charge is 0.462 e. The number of rotatable bonds is 9. The van der Waals surface area contributed by atoms with Gasteiger partial charge in [0.15, 0.2) is 5.16 Å². The molecule has 2 rings (SSSR count). The van der Waals surface area contributed by atoms with Gasteiger partial charge < -0.3 is 25.7 Å². The van der Waals surface area contributed by atoms with Crippen LogP contribution in [0, 0.1) is 0 Å². The molecule has 0 aliphatic carbocycles. The van der Waals surface area contributed by atoms with Gasteiger partial charge in [-0.1, -0.05) is 11.8 Å². The molecule has 0 amide bonds. The van der Waals surface area contributed by atoms with Crippen molar-refractivity contribution in [2.24, 2.45) is 0 Å². The number of nitrogen functional groups attached to an aromatic ring is 2. The number of carbonyl (C=O) groups excluding carboxylic acids is 3. The number of hydrogen-bond donors (Lipinski definition) is 2. The van der Waals surface area contributed by atoms with E-state index in [0.29, 0.717) is 5.56 Å². The second kappa shape index (κ2) is 10.8. The van der Waals surface area contributed by atoms with E-state index in [1.807, 2.05) is 0 Å². The fourth-order valence-electron chi connectivity index (χ4n) is 2.36. The van der Waals surface area contributed by atoms with Gasteiger partial charge in [0.05, 0.1) is 25.4 Å². The molecule has 0 unspecified atom stereocenters. The fraction of sp³-hybridized carbons (Fsp3) is 0.389. The van der Waals surface area contributed by atoms with Crippen LogP contribution in [0.25, 0.3) is 0 Å². The summed E-state index contributed by atoms with van der Waals surface area (Å²) in [5.41, 5.74) is 12.4. The molecular formula is C18H22N4O6S2. The summed E-state index contributed by atoms with van der Waals surface area (Å²) in [7, 11) is 0. The summed E-state index contributed by atoms with van der Waals surface area (Å²) < 4.78 is 15.0. The van der Waals surface area contributed by atoms with E-state index in [9.17, 15) is 14.4 Å². The van der Waals surface area contributed by atoms with E-state index >= 15 is 0 Å². The average Bonchev–Trinajstić information content (AvgIpc) is 3.03. The van der Waals surface area contributed by atoms with Crippen molar-refractivity contribution in [1.82, 2.24) is 9.97 Å². The molecular weight excluding hydrogens is 432 g/mol. The Bertz CT molecular complexity index is 947. The van der Waals surface area contributed by atoms with Crippen molar-refractivity contribution in [1.29, 1.82) is 0 Å². The number of esters is 3. The zero-order valence-corrected chi connectivity index (χ0v) is 18.4. The number of carbonyl (C=O) groups is 3. The van der Waals surface area contributed by atoms with Gasteiger partial charge in [-0.15, -0.1) is 11.3 Å². The van der Waals surface area contributed by atoms with Gasteiger partial charge in [-0.25, -0.2) is 24.4 Å². The zero-order chi connectivity index (χ0) is 22.3. The molecule has 2 heterocycles. The van der Waals surface area contributed by atoms with Crippen LogP contribution in [0.3, 0.4) is 0 Å². The molecule has 0 atom stereocenters. The molecule has 0 aliphatic heterocycles. The normalized spacial score (nSPS) is 10.5. The number of nitrogens with zero attached hydrogens (tertiary/aromatic N) is 2. The Balaban J connectivity index is 2.32. The smallest absolute Gasteiger partial charge is 0.348 e. The van der Waals surface area contributed by atoms with Crippen LogP contribution in [0.2, 0.25) is 0 Å². The minimum Gasteiger partial charge on any atom is -0.462 e. The van der Waals surface area contributed by atoms with Crippen LogP contribution in [0.1, 0.15) is 56.7 Å². The second-order valence-corrected chi connectivity index (χ2v) is 7.55. The predicted octanol–water partition coefficient (Wildman–Crippen LogP) is 2.52. The third-order valence-corrected chi connectivity index (χ3v) is 5.54. The van der Waals surface area contributed by atoms with Gasteiger partial charge in [-0.2, -0.15) is 0 Å². The molecule has 162 valence electrons. The summed E-state index contributed by atoms with van der Waals surface area (Å²) in [5, 5.41) is 0.403. The minimum atomic E-state index is -0.629. The van der Waals surface area contributed by atoms with Crippen LogP contribution < -0.4 is 11.5 Å². The number of thiophene rings is 1. The summed E-state index contributed by atoms with van der Waals surface area (Å²) >= 11 is 2.07. The average molecular weight is 455 g/mol. The van der Waals surface area contributed by atoms with Crippen molar-refractivity contribution in [3.63, 3.8) is 0 Å². The summed E-state index contributed by atoms with van der Waals surface area (Å²) in [6.45, 7) is 5.55. The number of hydrogen-bond acceptors (Lipinski definition) is 12. The summed E-state index contributed by atoms with van der Waals surface area (Å²) in [6, 6.07) is 0. The van der Waals surface area contributed by atoms with Crippen LogP contribution in [-0.4, -0.2) is 47.7 Å². The van der Waals surface area contributed by atoms with E-state index in [4.69, 9.17) is 25.7 Å². The second-order valence-electron chi connectivity index (χ2n) is 5.55. The lowest BCUT2D eigenvalue weighted by molar-refractivity contribution is 0.0514. The van der Waals surface area contributed by atoms with Crippen LogP contribution in [0.15, 0.2) is 11.4 Å². The van der Waals surface area contributed by atoms with E-state index in [2.05, 4.69) is 9.97 Å². The quantitative estimate of drug-likeness (QED) is 0.248. The molecule has 0 aromatic carbocycles. The molecule has 12 heteroatoms. The molecule has 2 aromatic rings. The Morgan fingerprint density at radius 1 is 1.00 bits per heavy atom. The van der Waals surface area contributed by atoms with Crippen LogP contribution in [0.5, 0.6) is 0 Å². The lowest BCUT2D eigenvalue weighted by atomic mass is 10.1. The Labute approximate surface area is 181 Å². The molecule has 4 N–H and O–H groups in total. The van der Waals surface area contributed by atoms with Crippen molar-refractivity contribution in [2.75, 3.05) is 31.3 Å². The number of thioether (sulfide) groups is 1. The molecule has 0 saturated heterocycles. The third kappa shape index (κ3) is 5.39. The molecule has 0 saturated carbocycles. The standard InChI is InChI=1S/C18H22N4O6S2/c1-4-26-15(23)9-7-21-18(22-13(9)19)29-8-10-11(16(24)27-5-2)14(20)30-12(10)17(25)28-6-3/h7H,4-6,8,20H2,1-3H3,(H2,19,21,22). The highest BCUT2D eigenvalue weighted by atomic mass is 32.2. The van der Waals surface area contributed by atoms with Gasteiger partial charge in [-0.3, -0.25) is 0 Å². The fourth-order valence-corrected chi connectivity index (χ4v) is 4.27. The van der Waals surface area contributed by atoms with Gasteiger partial charge >= 0.3 is 17.9 Å². The van der Waals surface area contributed by atoms with E-state index in [1.54, 1.807) is 20.8 Å². The maximum atomic E-state index is 12.4. The topological polar surface area (TPSA) is 157 Å². The number of ether oxygens (including phenoxy) is 3. The Morgan fingerprint density at radius 2 is 1.60 bits per heavy atom. The predicted molar refractivity (Wildman–Crippen MR) is 113 cm³/mol. The van der Waals surface area contributed by atoms with Crippen molar-refractivity contribution < 1.29 is 28.6 Å². The van der Waals surface area contributed by atoms with Crippen LogP contribution in [0.4, 0.5) is 10.8 Å². The molecule has 0 bridgehead atoms. The van der Waals surface area contributed by atoms with Crippen molar-refractivity contribution >= 4 is 51.8 Å². The number of nitrogens with two attached hydrogens (primary N) is 2. The highest BCUT2D eigenvalue weighted by Crippen LogP contribution is 2.36. The summed E-state index contributed by atoms with van der Waals surface area (Å²) in [5.74, 6) is -1.74. The highest BCUT2D eigenvalue weighted by molar-refractivity contribution is 7.98. The maximum absolute atomic E-state index is 12.4. The molecule has 0 spiro atoms. The Kier molecular flexibility index (Phi) is 8.42. The van der Waals surface area contributed by atoms with Gasteiger partial charge in [0.2, 0.25) is 0 Å². The van der Waals surface area contributed by atoms with Crippen molar-refractivity contribution in [3.8, 4) is 0 Å². The number of aromatic nitrogens is 2. The lowest BCUT2D eigenvalue weighted by Crippen LogP contribution is -2.12. The third-order valence-electron chi connectivity index (χ3n) is 3.61. The lowest BCUT2D eigenvalue weighted by Gasteiger charge is -2.08. The van der Waals surface area contributed by atoms with Crippen molar-refractivity contribution in [2.45, 2.75) is 31.7 Å². The first kappa shape index (κ1) is 23.4. The van der Waals surface area contributed by atoms with Crippen LogP contribution in [-0.2, 0) is 20.0 Å². The molecule has 0 radical (unpaired) electrons. The first-order valence-corrected chi connectivity index (χ1v) is 10.8. The first-order valence-electron chi connectivity index (χ1n) is 9.01. The molecule has 10 nitrogen and oxygen atoms in total. The SMILES string of the molecule is CCOC(=O)c1cnc(SCc2c(C(=O)OCC)sc(N)c2C(=O)OCC)nc1N. The summed E-state index contributed by atoms with van der Waals surface area (Å²) in [6.07, 6.45) is 1.27. The van der Waals surface area contributed by atoms with Gasteiger partial charge in [0.1, 0.15) is 21.3 Å². The van der Waals surface area contributed by atoms with Gasteiger partial charge in [0, 0.05) is 17.5 Å². The van der Waals surface area contributed by atoms with Gasteiger partial charge in [0.25, 0.3) is 0 Å². The first-order chi connectivity index (χ1) is 14.3.